The highest BCUT2D eigenvalue weighted by Gasteiger charge is 1.91. The monoisotopic (exact) mass is 428 g/mol. The molecule has 1 rings (SSSR count). The minimum Gasteiger partial charge on any atom is -0.377 e. The summed E-state index contributed by atoms with van der Waals surface area (Å²) in [5.41, 5.74) is 1.25. The Hall–Kier alpha value is 0.380. The molecule has 1 aromatic rings. The van der Waals surface area contributed by atoms with E-state index in [0.29, 0.717) is 0 Å². The highest BCUT2D eigenvalue weighted by atomic mass is 127. The smallest absolute Gasteiger partial charge is 0.0716 e. The summed E-state index contributed by atoms with van der Waals surface area (Å²) in [5.74, 6) is 0. The molecule has 0 heterocycles. The van der Waals surface area contributed by atoms with Crippen LogP contribution in [-0.4, -0.2) is 6.61 Å². The molecule has 0 aliphatic rings. The van der Waals surface area contributed by atoms with Gasteiger partial charge in [-0.3, -0.25) is 0 Å². The van der Waals surface area contributed by atoms with Crippen LogP contribution in [0.25, 0.3) is 0 Å². The zero-order valence-corrected chi connectivity index (χ0v) is 12.8. The maximum atomic E-state index is 5.57. The Balaban J connectivity index is 2.05. The molecule has 0 spiro atoms. The van der Waals surface area contributed by atoms with Crippen LogP contribution in [0.1, 0.15) is 18.4 Å². The molecule has 0 saturated heterocycles. The second-order valence-electron chi connectivity index (χ2n) is 3.17. The van der Waals surface area contributed by atoms with Gasteiger partial charge in [-0.25, -0.2) is 0 Å². The summed E-state index contributed by atoms with van der Waals surface area (Å²) < 4.78 is 6.89. The average molecular weight is 428 g/mol. The van der Waals surface area contributed by atoms with Gasteiger partial charge < -0.3 is 4.74 Å². The number of ether oxygens (including phenoxy) is 1. The highest BCUT2D eigenvalue weighted by Crippen LogP contribution is 2.15. The van der Waals surface area contributed by atoms with Gasteiger partial charge in [0.05, 0.1) is 6.61 Å². The third-order valence-electron chi connectivity index (χ3n) is 1.90. The molecule has 0 saturated carbocycles. The Morgan fingerprint density at radius 1 is 1.20 bits per heavy atom. The lowest BCUT2D eigenvalue weighted by Crippen LogP contribution is -1.94. The van der Waals surface area contributed by atoms with Crippen molar-refractivity contribution in [3.8, 4) is 0 Å². The van der Waals surface area contributed by atoms with Gasteiger partial charge in [-0.2, -0.15) is 0 Å². The van der Waals surface area contributed by atoms with E-state index in [2.05, 4.69) is 63.4 Å². The summed E-state index contributed by atoms with van der Waals surface area (Å²) in [6, 6.07) is 10.3. The fourth-order valence-corrected chi connectivity index (χ4v) is 1.78. The van der Waals surface area contributed by atoms with Crippen molar-refractivity contribution in [3.05, 3.63) is 43.6 Å². The molecule has 0 aliphatic heterocycles. The summed E-state index contributed by atoms with van der Waals surface area (Å²) >= 11 is 4.64. The maximum Gasteiger partial charge on any atom is 0.0716 e. The summed E-state index contributed by atoms with van der Waals surface area (Å²) in [6.45, 7) is 1.57. The van der Waals surface area contributed by atoms with Crippen molar-refractivity contribution in [3.63, 3.8) is 0 Å². The number of benzene rings is 1. The molecule has 0 radical (unpaired) electrons. The number of allylic oxidation sites excluding steroid dienone is 1. The molecule has 0 aliphatic carbocycles. The molecule has 0 amide bonds. The first-order valence-electron chi connectivity index (χ1n) is 4.92. The van der Waals surface area contributed by atoms with Crippen molar-refractivity contribution in [1.82, 2.24) is 0 Å². The molecular weight excluding hydrogens is 414 g/mol. The molecule has 0 atom stereocenters. The molecule has 0 bridgehead atoms. The minimum absolute atomic E-state index is 0.728. The van der Waals surface area contributed by atoms with Crippen LogP contribution in [0.4, 0.5) is 0 Å². The van der Waals surface area contributed by atoms with E-state index in [4.69, 9.17) is 4.74 Å². The van der Waals surface area contributed by atoms with E-state index < -0.39 is 0 Å². The van der Waals surface area contributed by atoms with Crippen molar-refractivity contribution in [2.45, 2.75) is 19.4 Å². The van der Waals surface area contributed by atoms with Crippen LogP contribution in [0.5, 0.6) is 0 Å². The van der Waals surface area contributed by atoms with Crippen molar-refractivity contribution in [1.29, 1.82) is 0 Å². The molecule has 0 unspecified atom stereocenters. The molecule has 3 heteroatoms. The lowest BCUT2D eigenvalue weighted by atomic mass is 10.2. The number of rotatable bonds is 6. The van der Waals surface area contributed by atoms with Gasteiger partial charge in [0.2, 0.25) is 0 Å². The number of hydrogen-bond acceptors (Lipinski definition) is 1. The van der Waals surface area contributed by atoms with Gasteiger partial charge in [0.25, 0.3) is 0 Å². The first-order chi connectivity index (χ1) is 7.29. The largest absolute Gasteiger partial charge is 0.377 e. The van der Waals surface area contributed by atoms with Gasteiger partial charge in [-0.05, 0) is 63.6 Å². The Labute approximate surface area is 119 Å². The quantitative estimate of drug-likeness (QED) is 0.472. The Kier molecular flexibility index (Phi) is 7.64. The highest BCUT2D eigenvalue weighted by molar-refractivity contribution is 14.2. The van der Waals surface area contributed by atoms with Crippen molar-refractivity contribution in [2.75, 3.05) is 6.61 Å². The summed E-state index contributed by atoms with van der Waals surface area (Å²) in [5, 5.41) is 0. The van der Waals surface area contributed by atoms with Crippen LogP contribution in [0.15, 0.2) is 38.0 Å². The van der Waals surface area contributed by atoms with Crippen molar-refractivity contribution < 1.29 is 4.74 Å². The molecule has 0 aromatic heterocycles. The SMILES string of the molecule is IC(I)=CCCCOCc1ccccc1. The lowest BCUT2D eigenvalue weighted by Gasteiger charge is -2.02. The van der Waals surface area contributed by atoms with E-state index in [1.54, 1.807) is 0 Å². The summed E-state index contributed by atoms with van der Waals surface area (Å²) in [6.07, 6.45) is 4.44. The molecule has 0 fully saturated rings. The van der Waals surface area contributed by atoms with Crippen LogP contribution >= 0.6 is 45.2 Å². The van der Waals surface area contributed by atoms with Gasteiger partial charge in [0.15, 0.2) is 0 Å². The summed E-state index contributed by atoms with van der Waals surface area (Å²) in [4.78, 5) is 0. The second kappa shape index (κ2) is 8.52. The van der Waals surface area contributed by atoms with Gasteiger partial charge in [0, 0.05) is 8.19 Å². The lowest BCUT2D eigenvalue weighted by molar-refractivity contribution is 0.119. The first kappa shape index (κ1) is 13.4. The van der Waals surface area contributed by atoms with E-state index in [-0.39, 0.29) is 0 Å². The molecule has 1 aromatic carbocycles. The fraction of sp³-hybridized carbons (Fsp3) is 0.333. The maximum absolute atomic E-state index is 5.57. The molecule has 15 heavy (non-hydrogen) atoms. The predicted octanol–water partition coefficient (Wildman–Crippen LogP) is 4.69. The Morgan fingerprint density at radius 2 is 1.93 bits per heavy atom. The van der Waals surface area contributed by atoms with Crippen molar-refractivity contribution in [2.24, 2.45) is 0 Å². The first-order valence-corrected chi connectivity index (χ1v) is 7.07. The third kappa shape index (κ3) is 7.30. The number of halogens is 2. The molecule has 82 valence electrons. The second-order valence-corrected chi connectivity index (χ2v) is 7.56. The number of hydrogen-bond donors (Lipinski definition) is 0. The average Bonchev–Trinajstić information content (AvgIpc) is 2.24. The van der Waals surface area contributed by atoms with Crippen LogP contribution in [-0.2, 0) is 11.3 Å². The van der Waals surface area contributed by atoms with Crippen LogP contribution in [0, 0.1) is 0 Å². The van der Waals surface area contributed by atoms with E-state index in [1.807, 2.05) is 18.2 Å². The molecule has 1 nitrogen and oxygen atoms in total. The van der Waals surface area contributed by atoms with Crippen LogP contribution in [0.2, 0.25) is 0 Å². The third-order valence-corrected chi connectivity index (χ3v) is 2.78. The van der Waals surface area contributed by atoms with Gasteiger partial charge in [0.1, 0.15) is 0 Å². The normalized spacial score (nSPS) is 10.0. The molecule has 0 N–H and O–H groups in total. The molecular formula is C12H14I2O. The van der Waals surface area contributed by atoms with Crippen LogP contribution < -0.4 is 0 Å². The zero-order valence-electron chi connectivity index (χ0n) is 8.46. The van der Waals surface area contributed by atoms with E-state index >= 15 is 0 Å². The zero-order chi connectivity index (χ0) is 10.9. The van der Waals surface area contributed by atoms with Crippen LogP contribution in [0.3, 0.4) is 0 Å². The summed E-state index contributed by atoms with van der Waals surface area (Å²) in [7, 11) is 0. The minimum atomic E-state index is 0.728. The topological polar surface area (TPSA) is 9.23 Å². The standard InChI is InChI=1S/C12H14I2O/c13-12(14)8-4-5-9-15-10-11-6-2-1-3-7-11/h1-3,6-8H,4-5,9-10H2. The van der Waals surface area contributed by atoms with Gasteiger partial charge in [-0.1, -0.05) is 36.4 Å². The Morgan fingerprint density at radius 3 is 2.60 bits per heavy atom. The van der Waals surface area contributed by atoms with Gasteiger partial charge in [-0.15, -0.1) is 0 Å². The van der Waals surface area contributed by atoms with E-state index in [9.17, 15) is 0 Å². The predicted molar refractivity (Wildman–Crippen MR) is 81.5 cm³/mol. The van der Waals surface area contributed by atoms with E-state index in [1.165, 1.54) is 7.15 Å². The van der Waals surface area contributed by atoms with E-state index in [0.717, 1.165) is 26.1 Å². The number of unbranched alkanes of at least 4 members (excludes halogenated alkanes) is 1. The fourth-order valence-electron chi connectivity index (χ4n) is 1.16. The Bertz CT molecular complexity index is 292. The van der Waals surface area contributed by atoms with Crippen molar-refractivity contribution >= 4 is 45.2 Å². The van der Waals surface area contributed by atoms with Gasteiger partial charge >= 0.3 is 0 Å².